The first-order valence-electron chi connectivity index (χ1n) is 9.17. The smallest absolute Gasteiger partial charge is 0.251 e. The van der Waals surface area contributed by atoms with Gasteiger partial charge in [0, 0.05) is 22.8 Å². The molecule has 0 aliphatic carbocycles. The third-order valence-corrected chi connectivity index (χ3v) is 5.54. The van der Waals surface area contributed by atoms with Crippen LogP contribution in [0.1, 0.15) is 34.8 Å². The zero-order chi connectivity index (χ0) is 20.1. The molecule has 28 heavy (non-hydrogen) atoms. The van der Waals surface area contributed by atoms with Crippen LogP contribution >= 0.6 is 11.6 Å². The van der Waals surface area contributed by atoms with Gasteiger partial charge >= 0.3 is 0 Å². The molecule has 0 aromatic heterocycles. The monoisotopic (exact) mass is 421 g/mol. The van der Waals surface area contributed by atoms with E-state index < -0.39 is 10.0 Å². The first kappa shape index (κ1) is 20.6. The number of carbonyl (C=O) groups excluding carboxylic acids is 1. The number of nitrogens with one attached hydrogen (secondary N) is 2. The number of benzene rings is 2. The largest absolute Gasteiger partial charge is 0.350 e. The van der Waals surface area contributed by atoms with Crippen molar-refractivity contribution in [1.82, 2.24) is 10.2 Å². The van der Waals surface area contributed by atoms with Gasteiger partial charge < -0.3 is 5.32 Å². The molecule has 3 rings (SSSR count). The fourth-order valence-corrected chi connectivity index (χ4v) is 4.21. The minimum absolute atomic E-state index is 0.0440. The van der Waals surface area contributed by atoms with Crippen LogP contribution in [-0.2, 0) is 10.0 Å². The summed E-state index contributed by atoms with van der Waals surface area (Å²) < 4.78 is 25.2. The summed E-state index contributed by atoms with van der Waals surface area (Å²) in [5, 5.41) is 3.66. The van der Waals surface area contributed by atoms with E-state index in [1.807, 2.05) is 24.3 Å². The van der Waals surface area contributed by atoms with Crippen molar-refractivity contribution in [2.75, 3.05) is 30.6 Å². The van der Waals surface area contributed by atoms with E-state index in [4.69, 9.17) is 11.6 Å². The van der Waals surface area contributed by atoms with Gasteiger partial charge in [0.05, 0.1) is 12.3 Å². The number of nitrogens with zero attached hydrogens (tertiary/aromatic N) is 1. The van der Waals surface area contributed by atoms with Gasteiger partial charge in [-0.05, 0) is 61.8 Å². The molecule has 1 aliphatic rings. The lowest BCUT2D eigenvalue weighted by atomic mass is 10.1. The second-order valence-corrected chi connectivity index (χ2v) is 9.16. The molecule has 1 amide bonds. The Bertz CT molecular complexity index is 943. The van der Waals surface area contributed by atoms with Gasteiger partial charge in [-0.2, -0.15) is 0 Å². The highest BCUT2D eigenvalue weighted by atomic mass is 35.5. The summed E-state index contributed by atoms with van der Waals surface area (Å²) in [4.78, 5) is 15.0. The molecule has 150 valence electrons. The first-order valence-corrected chi connectivity index (χ1v) is 11.4. The summed E-state index contributed by atoms with van der Waals surface area (Å²) in [5.74, 6) is -0.247. The van der Waals surface area contributed by atoms with Crippen LogP contribution in [0.25, 0.3) is 0 Å². The third-order valence-electron chi connectivity index (χ3n) is 4.70. The van der Waals surface area contributed by atoms with Crippen LogP contribution in [0.3, 0.4) is 0 Å². The standard InChI is InChI=1S/C20H24ClN3O3S/c1-28(26,27)23-18-9-5-7-16(13-18)20(25)22-14-19(24-10-2-3-11-24)15-6-4-8-17(21)12-15/h4-9,12-13,19,23H,2-3,10-11,14H2,1H3,(H,22,25). The Hall–Kier alpha value is -2.09. The van der Waals surface area contributed by atoms with Crippen molar-refractivity contribution >= 4 is 33.2 Å². The highest BCUT2D eigenvalue weighted by Crippen LogP contribution is 2.26. The normalized spacial score (nSPS) is 15.9. The summed E-state index contributed by atoms with van der Waals surface area (Å²) in [6.45, 7) is 2.42. The van der Waals surface area contributed by atoms with Crippen LogP contribution < -0.4 is 10.0 Å². The summed E-state index contributed by atoms with van der Waals surface area (Å²) in [6.07, 6.45) is 3.36. The van der Waals surface area contributed by atoms with Gasteiger partial charge in [0.15, 0.2) is 0 Å². The van der Waals surface area contributed by atoms with Crippen LogP contribution in [0.2, 0.25) is 5.02 Å². The third kappa shape index (κ3) is 5.70. The molecule has 2 aromatic carbocycles. The first-order chi connectivity index (χ1) is 13.3. The number of amides is 1. The average Bonchev–Trinajstić information content (AvgIpc) is 3.15. The summed E-state index contributed by atoms with van der Waals surface area (Å²) in [7, 11) is -3.40. The minimum atomic E-state index is -3.40. The lowest BCUT2D eigenvalue weighted by Crippen LogP contribution is -2.36. The Kier molecular flexibility index (Phi) is 6.59. The molecular weight excluding hydrogens is 398 g/mol. The molecule has 1 heterocycles. The molecule has 6 nitrogen and oxygen atoms in total. The number of anilines is 1. The molecule has 0 bridgehead atoms. The zero-order valence-electron chi connectivity index (χ0n) is 15.7. The van der Waals surface area contributed by atoms with Crippen molar-refractivity contribution < 1.29 is 13.2 Å². The molecule has 8 heteroatoms. The number of likely N-dealkylation sites (tertiary alicyclic amines) is 1. The zero-order valence-corrected chi connectivity index (χ0v) is 17.3. The Morgan fingerprint density at radius 2 is 1.86 bits per heavy atom. The predicted octanol–water partition coefficient (Wildman–Crippen LogP) is 3.28. The topological polar surface area (TPSA) is 78.5 Å². The van der Waals surface area contributed by atoms with Gasteiger partial charge in [-0.3, -0.25) is 14.4 Å². The molecule has 0 spiro atoms. The van der Waals surface area contributed by atoms with E-state index in [9.17, 15) is 13.2 Å². The molecule has 1 fully saturated rings. The molecule has 0 saturated carbocycles. The fraction of sp³-hybridized carbons (Fsp3) is 0.350. The van der Waals surface area contributed by atoms with Crippen LogP contribution in [0, 0.1) is 0 Å². The highest BCUT2D eigenvalue weighted by molar-refractivity contribution is 7.92. The van der Waals surface area contributed by atoms with Crippen molar-refractivity contribution in [3.63, 3.8) is 0 Å². The van der Waals surface area contributed by atoms with E-state index >= 15 is 0 Å². The van der Waals surface area contributed by atoms with E-state index in [0.717, 1.165) is 37.8 Å². The quantitative estimate of drug-likeness (QED) is 0.719. The minimum Gasteiger partial charge on any atom is -0.350 e. The van der Waals surface area contributed by atoms with E-state index in [1.54, 1.807) is 18.2 Å². The summed E-state index contributed by atoms with van der Waals surface area (Å²) >= 11 is 6.16. The summed E-state index contributed by atoms with van der Waals surface area (Å²) in [6, 6.07) is 14.2. The number of hydrogen-bond acceptors (Lipinski definition) is 4. The van der Waals surface area contributed by atoms with E-state index in [2.05, 4.69) is 14.9 Å². The van der Waals surface area contributed by atoms with Crippen molar-refractivity contribution in [2.24, 2.45) is 0 Å². The Labute approximate surface area is 170 Å². The SMILES string of the molecule is CS(=O)(=O)Nc1cccc(C(=O)NCC(c2cccc(Cl)c2)N2CCCC2)c1. The Balaban J connectivity index is 1.72. The van der Waals surface area contributed by atoms with Crippen molar-refractivity contribution in [3.05, 3.63) is 64.7 Å². The second-order valence-electron chi connectivity index (χ2n) is 6.98. The molecule has 1 unspecified atom stereocenters. The predicted molar refractivity (Wildman–Crippen MR) is 112 cm³/mol. The number of sulfonamides is 1. The Morgan fingerprint density at radius 1 is 1.14 bits per heavy atom. The Morgan fingerprint density at radius 3 is 2.54 bits per heavy atom. The van der Waals surface area contributed by atoms with Crippen LogP contribution in [0.4, 0.5) is 5.69 Å². The molecule has 1 atom stereocenters. The maximum atomic E-state index is 12.6. The number of hydrogen-bond donors (Lipinski definition) is 2. The van der Waals surface area contributed by atoms with Crippen LogP contribution in [0.15, 0.2) is 48.5 Å². The van der Waals surface area contributed by atoms with Crippen molar-refractivity contribution in [3.8, 4) is 0 Å². The molecule has 2 N–H and O–H groups in total. The lowest BCUT2D eigenvalue weighted by molar-refractivity contribution is 0.0938. The van der Waals surface area contributed by atoms with Gasteiger partial charge in [-0.15, -0.1) is 0 Å². The molecule has 1 saturated heterocycles. The van der Waals surface area contributed by atoms with Gasteiger partial charge in [-0.1, -0.05) is 29.8 Å². The van der Waals surface area contributed by atoms with Gasteiger partial charge in [0.2, 0.25) is 10.0 Å². The van der Waals surface area contributed by atoms with E-state index in [-0.39, 0.29) is 11.9 Å². The van der Waals surface area contributed by atoms with Gasteiger partial charge in [-0.25, -0.2) is 8.42 Å². The summed E-state index contributed by atoms with van der Waals surface area (Å²) in [5.41, 5.74) is 1.84. The molecule has 1 aliphatic heterocycles. The van der Waals surface area contributed by atoms with E-state index in [1.165, 1.54) is 6.07 Å². The average molecular weight is 422 g/mol. The molecule has 0 radical (unpaired) electrons. The maximum Gasteiger partial charge on any atom is 0.251 e. The number of halogens is 1. The van der Waals surface area contributed by atoms with Crippen molar-refractivity contribution in [2.45, 2.75) is 18.9 Å². The number of rotatable bonds is 7. The maximum absolute atomic E-state index is 12.6. The van der Waals surface area contributed by atoms with Crippen LogP contribution in [-0.4, -0.2) is 45.1 Å². The molecule has 2 aromatic rings. The van der Waals surface area contributed by atoms with Gasteiger partial charge in [0.25, 0.3) is 5.91 Å². The lowest BCUT2D eigenvalue weighted by Gasteiger charge is -2.28. The van der Waals surface area contributed by atoms with Crippen LogP contribution in [0.5, 0.6) is 0 Å². The highest BCUT2D eigenvalue weighted by Gasteiger charge is 2.24. The van der Waals surface area contributed by atoms with Gasteiger partial charge in [0.1, 0.15) is 0 Å². The second kappa shape index (κ2) is 8.94. The van der Waals surface area contributed by atoms with Crippen molar-refractivity contribution in [1.29, 1.82) is 0 Å². The molecular formula is C20H24ClN3O3S. The number of carbonyl (C=O) groups is 1. The van der Waals surface area contributed by atoms with E-state index in [0.29, 0.717) is 22.8 Å². The fourth-order valence-electron chi connectivity index (χ4n) is 3.45.